The molecular weight excluding hydrogens is 428 g/mol. The highest BCUT2D eigenvalue weighted by molar-refractivity contribution is 5.99. The molecule has 2 atom stereocenters. The van der Waals surface area contributed by atoms with E-state index in [0.717, 1.165) is 16.9 Å². The molecule has 1 aliphatic rings. The number of nitrogens with one attached hydrogen (secondary N) is 1. The van der Waals surface area contributed by atoms with E-state index in [1.54, 1.807) is 25.3 Å². The normalized spacial score (nSPS) is 19.1. The third-order valence-electron chi connectivity index (χ3n) is 6.59. The summed E-state index contributed by atoms with van der Waals surface area (Å²) in [6.07, 6.45) is 1.66. The molecule has 4 aromatic rings. The third-order valence-corrected chi connectivity index (χ3v) is 6.59. The third kappa shape index (κ3) is 3.40. The molecule has 2 aromatic heterocycles. The van der Waals surface area contributed by atoms with Gasteiger partial charge < -0.3 is 14.4 Å². The fourth-order valence-electron chi connectivity index (χ4n) is 5.05. The van der Waals surface area contributed by atoms with Gasteiger partial charge in [0.1, 0.15) is 11.3 Å². The number of ether oxygens (including phenoxy) is 1. The summed E-state index contributed by atoms with van der Waals surface area (Å²) in [6.45, 7) is 5.98. The van der Waals surface area contributed by atoms with E-state index < -0.39 is 17.9 Å². The van der Waals surface area contributed by atoms with Gasteiger partial charge in [-0.1, -0.05) is 13.8 Å². The Balaban J connectivity index is 1.82. The Kier molecular flexibility index (Phi) is 5.20. The number of fused-ring (bicyclic) bond motifs is 2. The van der Waals surface area contributed by atoms with Gasteiger partial charge >= 0.3 is 5.97 Å². The zero-order chi connectivity index (χ0) is 23.4. The van der Waals surface area contributed by atoms with Crippen LogP contribution in [0.15, 0.2) is 30.5 Å². The second-order valence-corrected chi connectivity index (χ2v) is 9.08. The largest absolute Gasteiger partial charge is 0.479 e. The van der Waals surface area contributed by atoms with Crippen molar-refractivity contribution in [1.82, 2.24) is 14.8 Å². The molecule has 1 fully saturated rings. The number of H-pyrrole nitrogens is 1. The van der Waals surface area contributed by atoms with Gasteiger partial charge in [0.25, 0.3) is 0 Å². The lowest BCUT2D eigenvalue weighted by Gasteiger charge is -2.28. The minimum Gasteiger partial charge on any atom is -0.479 e. The molecule has 3 heterocycles. The minimum atomic E-state index is -0.980. The minimum absolute atomic E-state index is 0.0193. The summed E-state index contributed by atoms with van der Waals surface area (Å²) < 4.78 is 37.7. The number of rotatable bonds is 4. The lowest BCUT2D eigenvalue weighted by Crippen LogP contribution is -2.31. The molecule has 2 N–H and O–H groups in total. The molecule has 6 nitrogen and oxygen atoms in total. The van der Waals surface area contributed by atoms with Crippen LogP contribution in [0.3, 0.4) is 0 Å². The topological polar surface area (TPSA) is 80.1 Å². The lowest BCUT2D eigenvalue weighted by atomic mass is 9.86. The van der Waals surface area contributed by atoms with Gasteiger partial charge in [0.05, 0.1) is 18.3 Å². The first-order valence-electron chi connectivity index (χ1n) is 11.1. The SMILES string of the molecule is Cc1cc(-n2c(C(C)C)c(C3CC[C@H](C(=O)O)OC3)c3c(F)c4[nH]ncc4cc32)ccc1F. The van der Waals surface area contributed by atoms with Gasteiger partial charge in [0.15, 0.2) is 11.9 Å². The molecule has 5 rings (SSSR count). The molecule has 1 unspecified atom stereocenters. The molecule has 0 bridgehead atoms. The molecule has 0 aliphatic carbocycles. The zero-order valence-electron chi connectivity index (χ0n) is 18.7. The number of aromatic nitrogens is 3. The Labute approximate surface area is 189 Å². The van der Waals surface area contributed by atoms with Crippen LogP contribution in [0.25, 0.3) is 27.5 Å². The predicted octanol–water partition coefficient (Wildman–Crippen LogP) is 5.56. The maximum Gasteiger partial charge on any atom is 0.332 e. The van der Waals surface area contributed by atoms with Crippen LogP contribution < -0.4 is 0 Å². The average molecular weight is 453 g/mol. The maximum atomic E-state index is 16.0. The van der Waals surface area contributed by atoms with Crippen molar-refractivity contribution in [2.75, 3.05) is 6.61 Å². The Hall–Kier alpha value is -3.26. The summed E-state index contributed by atoms with van der Waals surface area (Å²) in [5.41, 5.74) is 3.98. The summed E-state index contributed by atoms with van der Waals surface area (Å²) in [5.74, 6) is -1.82. The molecule has 172 valence electrons. The highest BCUT2D eigenvalue weighted by Gasteiger charge is 2.34. The van der Waals surface area contributed by atoms with Crippen molar-refractivity contribution in [3.8, 4) is 5.69 Å². The fourth-order valence-corrected chi connectivity index (χ4v) is 5.05. The number of benzene rings is 2. The van der Waals surface area contributed by atoms with Crippen molar-refractivity contribution >= 4 is 27.8 Å². The first-order valence-corrected chi connectivity index (χ1v) is 11.1. The number of aliphatic carboxylic acids is 1. The number of carboxylic acids is 1. The number of nitrogens with zero attached hydrogens (tertiary/aromatic N) is 2. The molecule has 0 amide bonds. The molecule has 0 radical (unpaired) electrons. The Bertz CT molecular complexity index is 1380. The molecule has 0 saturated carbocycles. The van der Waals surface area contributed by atoms with Crippen LogP contribution in [0, 0.1) is 18.6 Å². The Morgan fingerprint density at radius 2 is 2.06 bits per heavy atom. The number of halogens is 2. The van der Waals surface area contributed by atoms with E-state index in [4.69, 9.17) is 4.74 Å². The van der Waals surface area contributed by atoms with Crippen LogP contribution in [0.4, 0.5) is 8.78 Å². The molecule has 0 spiro atoms. The van der Waals surface area contributed by atoms with Crippen LogP contribution in [0.5, 0.6) is 0 Å². The smallest absolute Gasteiger partial charge is 0.332 e. The number of hydrogen-bond donors (Lipinski definition) is 2. The molecule has 1 aliphatic heterocycles. The van der Waals surface area contributed by atoms with Gasteiger partial charge in [0, 0.05) is 28.1 Å². The van der Waals surface area contributed by atoms with Crippen molar-refractivity contribution in [2.24, 2.45) is 0 Å². The van der Waals surface area contributed by atoms with Crippen LogP contribution in [0.2, 0.25) is 0 Å². The average Bonchev–Trinajstić information content (AvgIpc) is 3.39. The maximum absolute atomic E-state index is 16.0. The van der Waals surface area contributed by atoms with Crippen LogP contribution in [-0.2, 0) is 9.53 Å². The fraction of sp³-hybridized carbons (Fsp3) is 0.360. The van der Waals surface area contributed by atoms with Crippen LogP contribution in [-0.4, -0.2) is 38.6 Å². The van der Waals surface area contributed by atoms with Crippen molar-refractivity contribution < 1.29 is 23.4 Å². The van der Waals surface area contributed by atoms with Gasteiger partial charge in [-0.15, -0.1) is 0 Å². The van der Waals surface area contributed by atoms with Crippen LogP contribution in [0.1, 0.15) is 55.3 Å². The van der Waals surface area contributed by atoms with Crippen molar-refractivity contribution in [3.05, 3.63) is 58.9 Å². The molecular formula is C25H25F2N3O3. The van der Waals surface area contributed by atoms with E-state index in [0.29, 0.717) is 40.2 Å². The van der Waals surface area contributed by atoms with Gasteiger partial charge in [0.2, 0.25) is 0 Å². The molecule has 2 aromatic carbocycles. The second kappa shape index (κ2) is 7.95. The van der Waals surface area contributed by atoms with E-state index in [2.05, 4.69) is 10.2 Å². The number of aromatic amines is 1. The molecule has 8 heteroatoms. The van der Waals surface area contributed by atoms with E-state index in [-0.39, 0.29) is 24.3 Å². The Morgan fingerprint density at radius 3 is 2.70 bits per heavy atom. The summed E-state index contributed by atoms with van der Waals surface area (Å²) in [5, 5.41) is 17.2. The van der Waals surface area contributed by atoms with E-state index in [1.165, 1.54) is 6.07 Å². The lowest BCUT2D eigenvalue weighted by molar-refractivity contribution is -0.153. The number of carboxylic acid groups (broad SMARTS) is 1. The van der Waals surface area contributed by atoms with Crippen molar-refractivity contribution in [3.63, 3.8) is 0 Å². The number of aryl methyl sites for hydroxylation is 1. The van der Waals surface area contributed by atoms with E-state index in [9.17, 15) is 14.3 Å². The Morgan fingerprint density at radius 1 is 1.27 bits per heavy atom. The van der Waals surface area contributed by atoms with Gasteiger partial charge in [-0.05, 0) is 61.1 Å². The number of hydrogen-bond acceptors (Lipinski definition) is 3. The van der Waals surface area contributed by atoms with Gasteiger partial charge in [-0.25, -0.2) is 13.6 Å². The summed E-state index contributed by atoms with van der Waals surface area (Å²) in [4.78, 5) is 11.4. The zero-order valence-corrected chi connectivity index (χ0v) is 18.7. The first kappa shape index (κ1) is 21.6. The standard InChI is InChI=1S/C25H25F2N3O3/c1-12(2)24-20(14-4-7-19(25(31)32)33-11-14)21-18(9-15-10-28-29-23(15)22(21)27)30(24)16-5-6-17(26)13(3)8-16/h5-6,8-10,12,14,19H,4,7,11H2,1-3H3,(H,28,29)(H,31,32)/t14?,19-/m1/s1. The second-order valence-electron chi connectivity index (χ2n) is 9.08. The van der Waals surface area contributed by atoms with Gasteiger partial charge in [-0.3, -0.25) is 5.10 Å². The summed E-state index contributed by atoms with van der Waals surface area (Å²) >= 11 is 0. The highest BCUT2D eigenvalue weighted by atomic mass is 19.1. The summed E-state index contributed by atoms with van der Waals surface area (Å²) in [6, 6.07) is 6.79. The van der Waals surface area contributed by atoms with Crippen molar-refractivity contribution in [1.29, 1.82) is 0 Å². The van der Waals surface area contributed by atoms with E-state index in [1.807, 2.05) is 24.5 Å². The number of carbonyl (C=O) groups is 1. The molecule has 1 saturated heterocycles. The predicted molar refractivity (Wildman–Crippen MR) is 121 cm³/mol. The van der Waals surface area contributed by atoms with E-state index >= 15 is 4.39 Å². The quantitative estimate of drug-likeness (QED) is 0.424. The first-order chi connectivity index (χ1) is 15.8. The highest BCUT2D eigenvalue weighted by Crippen LogP contribution is 2.44. The molecule has 33 heavy (non-hydrogen) atoms. The van der Waals surface area contributed by atoms with Crippen molar-refractivity contribution in [2.45, 2.75) is 51.6 Å². The summed E-state index contributed by atoms with van der Waals surface area (Å²) in [7, 11) is 0. The monoisotopic (exact) mass is 453 g/mol. The van der Waals surface area contributed by atoms with Crippen LogP contribution >= 0.6 is 0 Å². The van der Waals surface area contributed by atoms with Gasteiger partial charge in [-0.2, -0.15) is 5.10 Å².